The molecule has 0 bridgehead atoms. The molecule has 0 atom stereocenters. The molecule has 2 aromatic heterocycles. The first kappa shape index (κ1) is 36.5. The molecule has 4 nitrogen and oxygen atoms in total. The third kappa shape index (κ3) is 6.59. The van der Waals surface area contributed by atoms with Crippen LogP contribution >= 0.6 is 0 Å². The third-order valence-electron chi connectivity index (χ3n) is 11.4. The van der Waals surface area contributed by atoms with Gasteiger partial charge in [0.15, 0.2) is 17.5 Å². The zero-order valence-corrected chi connectivity index (χ0v) is 35.5. The second-order valence-electron chi connectivity index (χ2n) is 17.2. The molecule has 0 radical (unpaired) electrons. The molecule has 0 unspecified atom stereocenters. The number of fused-ring (bicyclic) bond motifs is 3. The van der Waals surface area contributed by atoms with E-state index in [1.54, 1.807) is 6.20 Å². The van der Waals surface area contributed by atoms with Gasteiger partial charge in [0, 0.05) is 17.3 Å². The Labute approximate surface area is 338 Å². The van der Waals surface area contributed by atoms with Crippen molar-refractivity contribution in [3.05, 3.63) is 192 Å². The molecule has 8 aromatic rings. The van der Waals surface area contributed by atoms with E-state index in [0.29, 0.717) is 23.2 Å². The summed E-state index contributed by atoms with van der Waals surface area (Å²) in [6.07, 6.45) is 1.77. The van der Waals surface area contributed by atoms with Crippen LogP contribution in [0.3, 0.4) is 0 Å². The van der Waals surface area contributed by atoms with Gasteiger partial charge in [0.1, 0.15) is 5.69 Å². The van der Waals surface area contributed by atoms with Crippen molar-refractivity contribution in [1.82, 2.24) is 19.9 Å². The van der Waals surface area contributed by atoms with Gasteiger partial charge >= 0.3 is 0 Å². The fraction of sp³-hybridized carbons (Fsp3) is 0.137. The summed E-state index contributed by atoms with van der Waals surface area (Å²) >= 11 is 0. The Morgan fingerprint density at radius 3 is 1.54 bits per heavy atom. The number of aromatic nitrogens is 4. The SMILES string of the molecule is C[Si](C)(C)c1ccc(C2(c3ccc([Si](C)(C)C)cc3)c3ccccc3-c3ccc(-c4cccc(-c5nc(-c6ccccc6)nc(-c6ccccn6)n5)c4)cc32)cc1. The summed E-state index contributed by atoms with van der Waals surface area (Å²) in [7, 11) is -3.03. The van der Waals surface area contributed by atoms with Gasteiger partial charge in [-0.25, -0.2) is 15.0 Å². The van der Waals surface area contributed by atoms with Gasteiger partial charge in [0.05, 0.1) is 21.6 Å². The molecule has 2 heterocycles. The highest BCUT2D eigenvalue weighted by molar-refractivity contribution is 6.89. The van der Waals surface area contributed by atoms with Crippen LogP contribution < -0.4 is 10.4 Å². The molecule has 57 heavy (non-hydrogen) atoms. The van der Waals surface area contributed by atoms with Crippen molar-refractivity contribution in [2.45, 2.75) is 44.7 Å². The highest BCUT2D eigenvalue weighted by Gasteiger charge is 2.46. The molecule has 0 aliphatic heterocycles. The van der Waals surface area contributed by atoms with Crippen LogP contribution in [0.1, 0.15) is 22.3 Å². The van der Waals surface area contributed by atoms with E-state index in [1.807, 2.05) is 48.5 Å². The Hall–Kier alpha value is -6.09. The highest BCUT2D eigenvalue weighted by atomic mass is 28.3. The van der Waals surface area contributed by atoms with Crippen molar-refractivity contribution in [2.75, 3.05) is 0 Å². The van der Waals surface area contributed by atoms with Crippen LogP contribution in [0.25, 0.3) is 56.5 Å². The number of hydrogen-bond acceptors (Lipinski definition) is 4. The fourth-order valence-corrected chi connectivity index (χ4v) is 10.7. The van der Waals surface area contributed by atoms with Crippen molar-refractivity contribution in [3.63, 3.8) is 0 Å². The van der Waals surface area contributed by atoms with E-state index >= 15 is 0 Å². The zero-order chi connectivity index (χ0) is 39.4. The maximum Gasteiger partial charge on any atom is 0.182 e. The van der Waals surface area contributed by atoms with Gasteiger partial charge in [-0.3, -0.25) is 4.98 Å². The van der Waals surface area contributed by atoms with E-state index in [-0.39, 0.29) is 0 Å². The molecular formula is C51H46N4Si2. The van der Waals surface area contributed by atoms with Crippen LogP contribution in [0.4, 0.5) is 0 Å². The zero-order valence-electron chi connectivity index (χ0n) is 33.5. The molecule has 1 aliphatic rings. The van der Waals surface area contributed by atoms with E-state index in [2.05, 4.69) is 160 Å². The standard InChI is InChI=1S/C51H46N4Si2/c1-56(2,3)41-27-23-39(24-28-41)51(40-25-29-42(30-26-40)57(4,5)6)45-20-11-10-19-43(45)44-31-22-37(34-46(44)51)36-17-14-18-38(33-36)49-53-48(35-15-8-7-9-16-35)54-50(55-49)47-21-12-13-32-52-47/h7-34H,1-6H3. The molecule has 0 amide bonds. The fourth-order valence-electron chi connectivity index (χ4n) is 8.36. The Balaban J connectivity index is 1.23. The lowest BCUT2D eigenvalue weighted by molar-refractivity contribution is 0.769. The van der Waals surface area contributed by atoms with Gasteiger partial charge in [-0.2, -0.15) is 0 Å². The van der Waals surface area contributed by atoms with Gasteiger partial charge in [-0.1, -0.05) is 189 Å². The van der Waals surface area contributed by atoms with Crippen LogP contribution in [0, 0.1) is 0 Å². The monoisotopic (exact) mass is 770 g/mol. The molecule has 0 saturated carbocycles. The molecule has 0 saturated heterocycles. The van der Waals surface area contributed by atoms with Crippen molar-refractivity contribution in [1.29, 1.82) is 0 Å². The average molecular weight is 771 g/mol. The number of rotatable bonds is 8. The Morgan fingerprint density at radius 2 is 0.912 bits per heavy atom. The van der Waals surface area contributed by atoms with E-state index in [1.165, 1.54) is 43.8 Å². The molecule has 0 spiro atoms. The lowest BCUT2D eigenvalue weighted by atomic mass is 9.67. The summed E-state index contributed by atoms with van der Waals surface area (Å²) in [6, 6.07) is 59.8. The van der Waals surface area contributed by atoms with Crippen LogP contribution in [-0.4, -0.2) is 36.1 Å². The second-order valence-corrected chi connectivity index (χ2v) is 27.3. The third-order valence-corrected chi connectivity index (χ3v) is 15.6. The molecular weight excluding hydrogens is 725 g/mol. The Bertz CT molecular complexity index is 2620. The average Bonchev–Trinajstić information content (AvgIpc) is 3.54. The first-order valence-electron chi connectivity index (χ1n) is 19.8. The second kappa shape index (κ2) is 14.1. The summed E-state index contributed by atoms with van der Waals surface area (Å²) < 4.78 is 0. The van der Waals surface area contributed by atoms with Crippen LogP contribution in [-0.2, 0) is 5.41 Å². The molecule has 278 valence electrons. The van der Waals surface area contributed by atoms with Crippen LogP contribution in [0.5, 0.6) is 0 Å². The summed E-state index contributed by atoms with van der Waals surface area (Å²) in [4.78, 5) is 19.5. The van der Waals surface area contributed by atoms with E-state index in [9.17, 15) is 0 Å². The maximum absolute atomic E-state index is 5.03. The smallest absolute Gasteiger partial charge is 0.182 e. The van der Waals surface area contributed by atoms with Gasteiger partial charge in [-0.15, -0.1) is 0 Å². The first-order chi connectivity index (χ1) is 27.5. The van der Waals surface area contributed by atoms with Crippen molar-refractivity contribution in [2.24, 2.45) is 0 Å². The maximum atomic E-state index is 5.03. The van der Waals surface area contributed by atoms with Crippen molar-refractivity contribution < 1.29 is 0 Å². The van der Waals surface area contributed by atoms with Crippen LogP contribution in [0.2, 0.25) is 39.3 Å². The first-order valence-corrected chi connectivity index (χ1v) is 26.8. The van der Waals surface area contributed by atoms with Gasteiger partial charge in [-0.05, 0) is 68.8 Å². The molecule has 0 fully saturated rings. The number of hydrogen-bond donors (Lipinski definition) is 0. The number of benzene rings is 6. The van der Waals surface area contributed by atoms with Gasteiger partial charge in [0.25, 0.3) is 0 Å². The van der Waals surface area contributed by atoms with Crippen molar-refractivity contribution in [3.8, 4) is 56.5 Å². The van der Waals surface area contributed by atoms with Gasteiger partial charge < -0.3 is 0 Å². The predicted octanol–water partition coefficient (Wildman–Crippen LogP) is 11.4. The lowest BCUT2D eigenvalue weighted by Gasteiger charge is -2.35. The summed E-state index contributed by atoms with van der Waals surface area (Å²) in [5.41, 5.74) is 12.1. The number of nitrogens with zero attached hydrogens (tertiary/aromatic N) is 4. The minimum absolute atomic E-state index is 0.494. The normalized spacial score (nSPS) is 13.2. The summed E-state index contributed by atoms with van der Waals surface area (Å²) in [5.74, 6) is 1.77. The molecule has 0 N–H and O–H groups in total. The van der Waals surface area contributed by atoms with E-state index in [0.717, 1.165) is 22.3 Å². The number of pyridine rings is 1. The minimum Gasteiger partial charge on any atom is -0.253 e. The summed E-state index contributed by atoms with van der Waals surface area (Å²) in [6.45, 7) is 14.5. The molecule has 6 aromatic carbocycles. The topological polar surface area (TPSA) is 51.6 Å². The quantitative estimate of drug-likeness (QED) is 0.144. The molecule has 9 rings (SSSR count). The minimum atomic E-state index is -1.52. The summed E-state index contributed by atoms with van der Waals surface area (Å²) in [5, 5.41) is 2.93. The molecule has 6 heteroatoms. The van der Waals surface area contributed by atoms with E-state index in [4.69, 9.17) is 15.0 Å². The van der Waals surface area contributed by atoms with E-state index < -0.39 is 21.6 Å². The molecule has 1 aliphatic carbocycles. The Kier molecular flexibility index (Phi) is 9.06. The van der Waals surface area contributed by atoms with Crippen LogP contribution in [0.15, 0.2) is 170 Å². The highest BCUT2D eigenvalue weighted by Crippen LogP contribution is 2.56. The largest absolute Gasteiger partial charge is 0.253 e. The lowest BCUT2D eigenvalue weighted by Crippen LogP contribution is -2.39. The Morgan fingerprint density at radius 1 is 0.386 bits per heavy atom. The van der Waals surface area contributed by atoms with Crippen molar-refractivity contribution >= 4 is 26.5 Å². The van der Waals surface area contributed by atoms with Gasteiger partial charge in [0.2, 0.25) is 0 Å². The predicted molar refractivity (Wildman–Crippen MR) is 243 cm³/mol.